The van der Waals surface area contributed by atoms with Gasteiger partial charge in [-0.15, -0.1) is 0 Å². The van der Waals surface area contributed by atoms with Gasteiger partial charge in [-0.2, -0.15) is 0 Å². The lowest BCUT2D eigenvalue weighted by molar-refractivity contribution is 0.0600. The minimum atomic E-state index is -1.69. The van der Waals surface area contributed by atoms with Crippen molar-refractivity contribution < 1.29 is 18.7 Å². The second kappa shape index (κ2) is 9.59. The molecule has 0 saturated heterocycles. The maximum absolute atomic E-state index is 11.6. The summed E-state index contributed by atoms with van der Waals surface area (Å²) < 4.78 is 16.7. The van der Waals surface area contributed by atoms with Crippen LogP contribution in [-0.4, -0.2) is 35.1 Å². The van der Waals surface area contributed by atoms with Crippen LogP contribution in [0, 0.1) is 0 Å². The summed E-state index contributed by atoms with van der Waals surface area (Å²) in [6.07, 6.45) is 1.94. The van der Waals surface area contributed by atoms with Gasteiger partial charge in [0.2, 0.25) is 0 Å². The number of carbonyl (C=O) groups excluding carboxylic acids is 1. The van der Waals surface area contributed by atoms with Crippen molar-refractivity contribution in [2.75, 3.05) is 20.8 Å². The summed E-state index contributed by atoms with van der Waals surface area (Å²) in [6, 6.07) is 13.7. The zero-order valence-corrected chi connectivity index (χ0v) is 19.8. The highest BCUT2D eigenvalue weighted by Crippen LogP contribution is 2.36. The Morgan fingerprint density at radius 3 is 2.21 bits per heavy atom. The number of benzene rings is 2. The van der Waals surface area contributed by atoms with E-state index in [-0.39, 0.29) is 11.0 Å². The van der Waals surface area contributed by atoms with Crippen LogP contribution in [0.1, 0.15) is 43.1 Å². The van der Waals surface area contributed by atoms with Crippen LogP contribution in [0.4, 0.5) is 0 Å². The van der Waals surface area contributed by atoms with Gasteiger partial charge in [0.25, 0.3) is 0 Å². The highest BCUT2D eigenvalue weighted by atomic mass is 28.4. The molecule has 0 aliphatic carbocycles. The van der Waals surface area contributed by atoms with Gasteiger partial charge in [-0.25, -0.2) is 4.79 Å². The lowest BCUT2D eigenvalue weighted by Gasteiger charge is -2.36. The Hall–Kier alpha value is -2.11. The lowest BCUT2D eigenvalue weighted by atomic mass is 10.00. The van der Waals surface area contributed by atoms with E-state index in [0.29, 0.717) is 5.56 Å². The van der Waals surface area contributed by atoms with Crippen molar-refractivity contribution in [2.45, 2.75) is 51.7 Å². The van der Waals surface area contributed by atoms with Crippen molar-refractivity contribution in [3.8, 4) is 16.9 Å². The number of methoxy groups -OCH3 is 2. The van der Waals surface area contributed by atoms with Gasteiger partial charge in [0.05, 0.1) is 19.8 Å². The normalized spacial score (nSPS) is 12.0. The third kappa shape index (κ3) is 5.94. The second-order valence-electron chi connectivity index (χ2n) is 8.82. The number of hydrogen-bond donors (Lipinski definition) is 0. The van der Waals surface area contributed by atoms with E-state index in [0.717, 1.165) is 36.3 Å². The molecule has 4 nitrogen and oxygen atoms in total. The Labute approximate surface area is 176 Å². The maximum Gasteiger partial charge on any atom is 0.337 e. The Morgan fingerprint density at radius 1 is 1.00 bits per heavy atom. The van der Waals surface area contributed by atoms with Crippen molar-refractivity contribution in [1.82, 2.24) is 0 Å². The first-order valence-electron chi connectivity index (χ1n) is 10.1. The third-order valence-corrected chi connectivity index (χ3v) is 10.3. The Balaban J connectivity index is 2.04. The largest absolute Gasteiger partial charge is 0.496 e. The Morgan fingerprint density at radius 2 is 1.66 bits per heavy atom. The molecule has 0 heterocycles. The molecule has 0 unspecified atom stereocenters. The molecule has 0 N–H and O–H groups in total. The van der Waals surface area contributed by atoms with Gasteiger partial charge in [-0.3, -0.25) is 0 Å². The fraction of sp³-hybridized carbons (Fsp3) is 0.458. The summed E-state index contributed by atoms with van der Waals surface area (Å²) in [5, 5.41) is 0.237. The van der Waals surface area contributed by atoms with Gasteiger partial charge in [0.15, 0.2) is 8.32 Å². The molecule has 0 aromatic heterocycles. The minimum absolute atomic E-state index is 0.237. The number of rotatable bonds is 8. The van der Waals surface area contributed by atoms with Crippen LogP contribution < -0.4 is 4.74 Å². The molecule has 2 aromatic carbocycles. The molecule has 29 heavy (non-hydrogen) atoms. The fourth-order valence-electron chi connectivity index (χ4n) is 2.85. The Bertz CT molecular complexity index is 820. The number of hydrogen-bond acceptors (Lipinski definition) is 4. The molecule has 0 amide bonds. The van der Waals surface area contributed by atoms with Crippen LogP contribution in [0.25, 0.3) is 11.1 Å². The van der Waals surface area contributed by atoms with E-state index in [4.69, 9.17) is 13.9 Å². The molecule has 0 fully saturated rings. The van der Waals surface area contributed by atoms with Crippen molar-refractivity contribution >= 4 is 14.3 Å². The van der Waals surface area contributed by atoms with E-state index < -0.39 is 8.32 Å². The van der Waals surface area contributed by atoms with Crippen LogP contribution in [0.5, 0.6) is 5.75 Å². The van der Waals surface area contributed by atoms with Gasteiger partial charge in [0, 0.05) is 12.2 Å². The topological polar surface area (TPSA) is 44.8 Å². The molecule has 0 atom stereocenters. The number of esters is 1. The molecule has 0 saturated carbocycles. The monoisotopic (exact) mass is 414 g/mol. The molecule has 2 rings (SSSR count). The van der Waals surface area contributed by atoms with Crippen LogP contribution in [0.15, 0.2) is 42.5 Å². The average molecular weight is 415 g/mol. The average Bonchev–Trinajstić information content (AvgIpc) is 2.69. The highest BCUT2D eigenvalue weighted by molar-refractivity contribution is 6.74. The molecule has 0 radical (unpaired) electrons. The molecule has 5 heteroatoms. The van der Waals surface area contributed by atoms with Crippen molar-refractivity contribution in [3.05, 3.63) is 53.6 Å². The first-order chi connectivity index (χ1) is 13.6. The van der Waals surface area contributed by atoms with Crippen LogP contribution >= 0.6 is 0 Å². The lowest BCUT2D eigenvalue weighted by Crippen LogP contribution is -2.41. The molecular weight excluding hydrogens is 380 g/mol. The minimum Gasteiger partial charge on any atom is -0.496 e. The smallest absolute Gasteiger partial charge is 0.337 e. The van der Waals surface area contributed by atoms with Crippen molar-refractivity contribution in [1.29, 1.82) is 0 Å². The van der Waals surface area contributed by atoms with E-state index >= 15 is 0 Å². The standard InChI is InChI=1S/C24H34O4Si/c1-24(2,3)29(6,7)28-16-8-9-18-10-15-21(22(17-18)26-4)19-11-13-20(14-12-19)23(25)27-5/h10-15,17H,8-9,16H2,1-7H3. The number of aryl methyl sites for hydroxylation is 1. The SMILES string of the molecule is COC(=O)c1ccc(-c2ccc(CCCO[Si](C)(C)C(C)(C)C)cc2OC)cc1. The van der Waals surface area contributed by atoms with Crippen LogP contribution in [0.2, 0.25) is 18.1 Å². The van der Waals surface area contributed by atoms with Crippen LogP contribution in [-0.2, 0) is 15.6 Å². The van der Waals surface area contributed by atoms with Gasteiger partial charge >= 0.3 is 5.97 Å². The summed E-state index contributed by atoms with van der Waals surface area (Å²) in [5.74, 6) is 0.498. The molecule has 0 aliphatic rings. The fourth-order valence-corrected chi connectivity index (χ4v) is 3.94. The molecule has 0 bridgehead atoms. The van der Waals surface area contributed by atoms with Gasteiger partial charge in [0.1, 0.15) is 5.75 Å². The summed E-state index contributed by atoms with van der Waals surface area (Å²) in [6.45, 7) is 12.2. The van der Waals surface area contributed by atoms with Crippen LogP contribution in [0.3, 0.4) is 0 Å². The van der Waals surface area contributed by atoms with Crippen molar-refractivity contribution in [2.24, 2.45) is 0 Å². The van der Waals surface area contributed by atoms with E-state index in [1.165, 1.54) is 12.7 Å². The van der Waals surface area contributed by atoms with Gasteiger partial charge in [-0.05, 0) is 60.3 Å². The van der Waals surface area contributed by atoms with Gasteiger partial charge in [-0.1, -0.05) is 45.0 Å². The van der Waals surface area contributed by atoms with Gasteiger partial charge < -0.3 is 13.9 Å². The number of ether oxygens (including phenoxy) is 2. The Kier molecular flexibility index (Phi) is 7.66. The predicted molar refractivity (Wildman–Crippen MR) is 121 cm³/mol. The summed E-state index contributed by atoms with van der Waals surface area (Å²) in [7, 11) is 1.38. The summed E-state index contributed by atoms with van der Waals surface area (Å²) >= 11 is 0. The zero-order chi connectivity index (χ0) is 21.7. The highest BCUT2D eigenvalue weighted by Gasteiger charge is 2.36. The van der Waals surface area contributed by atoms with Crippen molar-refractivity contribution in [3.63, 3.8) is 0 Å². The molecule has 0 spiro atoms. The summed E-state index contributed by atoms with van der Waals surface area (Å²) in [4.78, 5) is 11.6. The van der Waals surface area contributed by atoms with E-state index in [2.05, 4.69) is 52.1 Å². The van der Waals surface area contributed by atoms with E-state index in [1.807, 2.05) is 12.1 Å². The molecule has 158 valence electrons. The first kappa shape index (κ1) is 23.2. The predicted octanol–water partition coefficient (Wildman–Crippen LogP) is 6.10. The first-order valence-corrected chi connectivity index (χ1v) is 13.0. The zero-order valence-electron chi connectivity index (χ0n) is 18.8. The summed E-state index contributed by atoms with van der Waals surface area (Å²) in [5.41, 5.74) is 3.77. The van der Waals surface area contributed by atoms with E-state index in [9.17, 15) is 4.79 Å². The third-order valence-electron chi connectivity index (χ3n) is 5.76. The molecule has 2 aromatic rings. The van der Waals surface area contributed by atoms with E-state index in [1.54, 1.807) is 19.2 Å². The quantitative estimate of drug-likeness (QED) is 0.297. The number of carbonyl (C=O) groups is 1. The second-order valence-corrected chi connectivity index (χ2v) is 13.6. The molecule has 0 aliphatic heterocycles. The molecular formula is C24H34O4Si. The maximum atomic E-state index is 11.6.